The average Bonchev–Trinajstić information content (AvgIpc) is 3.55. The highest BCUT2D eigenvalue weighted by Gasteiger charge is 2.54. The van der Waals surface area contributed by atoms with E-state index in [1.165, 1.54) is 11.4 Å². The van der Waals surface area contributed by atoms with Crippen LogP contribution in [0.25, 0.3) is 5.69 Å². The minimum atomic E-state index is -0.218. The van der Waals surface area contributed by atoms with Crippen LogP contribution < -0.4 is 5.32 Å². The van der Waals surface area contributed by atoms with Gasteiger partial charge >= 0.3 is 0 Å². The van der Waals surface area contributed by atoms with E-state index in [2.05, 4.69) is 57.6 Å². The van der Waals surface area contributed by atoms with Gasteiger partial charge in [0.1, 0.15) is 5.54 Å². The van der Waals surface area contributed by atoms with Crippen molar-refractivity contribution in [3.05, 3.63) is 66.7 Å². The molecule has 0 saturated carbocycles. The molecule has 3 aliphatic heterocycles. The molecule has 7 nitrogen and oxygen atoms in total. The summed E-state index contributed by atoms with van der Waals surface area (Å²) in [6.07, 6.45) is 8.96. The number of nitrogens with zero attached hydrogens (tertiary/aromatic N) is 4. The van der Waals surface area contributed by atoms with Gasteiger partial charge in [0.2, 0.25) is 5.91 Å². The highest BCUT2D eigenvalue weighted by Crippen LogP contribution is 2.50. The summed E-state index contributed by atoms with van der Waals surface area (Å²) in [5, 5.41) is 8.01. The Balaban J connectivity index is 1.15. The van der Waals surface area contributed by atoms with E-state index in [1.807, 2.05) is 21.8 Å². The zero-order valence-corrected chi connectivity index (χ0v) is 17.5. The van der Waals surface area contributed by atoms with Crippen molar-refractivity contribution in [3.63, 3.8) is 0 Å². The second-order valence-corrected chi connectivity index (χ2v) is 9.04. The standard InChI is InChI=1S/C24H27N5O2/c30-22(8-14-28-12-4-11-25-28)27-15-9-23(10-16-27)17-24(18-31-23)21-7-3-13-29(21)20-6-2-1-5-19(20)26-24/h1-7,11-13,26H,8-10,14-18H2. The summed E-state index contributed by atoms with van der Waals surface area (Å²) in [5.41, 5.74) is 3.21. The van der Waals surface area contributed by atoms with Crippen molar-refractivity contribution in [1.82, 2.24) is 19.2 Å². The van der Waals surface area contributed by atoms with Gasteiger partial charge in [0.25, 0.3) is 0 Å². The molecular weight excluding hydrogens is 390 g/mol. The first kappa shape index (κ1) is 18.7. The van der Waals surface area contributed by atoms with E-state index in [-0.39, 0.29) is 17.0 Å². The lowest BCUT2D eigenvalue weighted by atomic mass is 9.79. The van der Waals surface area contributed by atoms with E-state index in [0.717, 1.165) is 38.0 Å². The van der Waals surface area contributed by atoms with Crippen LogP contribution in [0.2, 0.25) is 0 Å². The molecule has 1 amide bonds. The number of rotatable bonds is 3. The molecule has 2 saturated heterocycles. The summed E-state index contributed by atoms with van der Waals surface area (Å²) in [7, 11) is 0. The fraction of sp³-hybridized carbons (Fsp3) is 0.417. The molecule has 7 heteroatoms. The first-order chi connectivity index (χ1) is 15.2. The van der Waals surface area contributed by atoms with Gasteiger partial charge in [-0.3, -0.25) is 9.48 Å². The molecule has 3 aromatic rings. The third kappa shape index (κ3) is 3.07. The molecule has 160 valence electrons. The van der Waals surface area contributed by atoms with Gasteiger partial charge < -0.3 is 19.5 Å². The maximum Gasteiger partial charge on any atom is 0.224 e. The van der Waals surface area contributed by atoms with Gasteiger partial charge in [0, 0.05) is 51.1 Å². The SMILES string of the molecule is O=C(CCn1cccn1)N1CCC2(CC1)CC1(CO2)Nc2ccccc2-n2cccc21. The van der Waals surface area contributed by atoms with Crippen molar-refractivity contribution in [3.8, 4) is 5.69 Å². The van der Waals surface area contributed by atoms with Crippen LogP contribution in [0.1, 0.15) is 31.4 Å². The van der Waals surface area contributed by atoms with Crippen molar-refractivity contribution in [2.45, 2.75) is 43.4 Å². The second-order valence-electron chi connectivity index (χ2n) is 9.04. The molecule has 0 aliphatic carbocycles. The number of amides is 1. The molecule has 2 spiro atoms. The van der Waals surface area contributed by atoms with Gasteiger partial charge in [-0.15, -0.1) is 0 Å². The molecule has 0 bridgehead atoms. The molecule has 31 heavy (non-hydrogen) atoms. The van der Waals surface area contributed by atoms with Crippen LogP contribution in [-0.4, -0.2) is 50.5 Å². The Morgan fingerprint density at radius 1 is 1.10 bits per heavy atom. The summed E-state index contributed by atoms with van der Waals surface area (Å²) >= 11 is 0. The van der Waals surface area contributed by atoms with Gasteiger partial charge in [0.15, 0.2) is 0 Å². The molecule has 2 aromatic heterocycles. The summed E-state index contributed by atoms with van der Waals surface area (Å²) in [6.45, 7) is 2.79. The van der Waals surface area contributed by atoms with Crippen LogP contribution >= 0.6 is 0 Å². The molecular formula is C24H27N5O2. The van der Waals surface area contributed by atoms with E-state index in [9.17, 15) is 4.79 Å². The zero-order valence-electron chi connectivity index (χ0n) is 17.5. The Hall–Kier alpha value is -3.06. The first-order valence-electron chi connectivity index (χ1n) is 11.1. The Labute approximate surface area is 181 Å². The maximum atomic E-state index is 12.7. The van der Waals surface area contributed by atoms with Crippen LogP contribution in [0.3, 0.4) is 0 Å². The smallest absolute Gasteiger partial charge is 0.224 e. The molecule has 1 atom stereocenters. The average molecular weight is 418 g/mol. The molecule has 1 unspecified atom stereocenters. The normalized spacial score (nSPS) is 23.5. The largest absolute Gasteiger partial charge is 0.372 e. The number of aromatic nitrogens is 3. The lowest BCUT2D eigenvalue weighted by Crippen LogP contribution is -2.48. The number of hydrogen-bond donors (Lipinski definition) is 1. The van der Waals surface area contributed by atoms with Crippen molar-refractivity contribution in [2.24, 2.45) is 0 Å². The monoisotopic (exact) mass is 417 g/mol. The van der Waals surface area contributed by atoms with Gasteiger partial charge in [-0.2, -0.15) is 5.10 Å². The van der Waals surface area contributed by atoms with Gasteiger partial charge in [-0.25, -0.2) is 0 Å². The fourth-order valence-electron chi connectivity index (χ4n) is 5.55. The Morgan fingerprint density at radius 3 is 2.81 bits per heavy atom. The topological polar surface area (TPSA) is 64.3 Å². The molecule has 3 aliphatic rings. The molecule has 2 fully saturated rings. The number of carbonyl (C=O) groups excluding carboxylic acids is 1. The first-order valence-corrected chi connectivity index (χ1v) is 11.1. The van der Waals surface area contributed by atoms with Crippen molar-refractivity contribution >= 4 is 11.6 Å². The number of ether oxygens (including phenoxy) is 1. The van der Waals surface area contributed by atoms with E-state index < -0.39 is 0 Å². The molecule has 1 aromatic carbocycles. The number of para-hydroxylation sites is 2. The maximum absolute atomic E-state index is 12.7. The van der Waals surface area contributed by atoms with Gasteiger partial charge in [-0.05, 0) is 43.2 Å². The van der Waals surface area contributed by atoms with E-state index in [1.54, 1.807) is 6.20 Å². The summed E-state index contributed by atoms with van der Waals surface area (Å²) in [6, 6.07) is 14.7. The van der Waals surface area contributed by atoms with Gasteiger partial charge in [-0.1, -0.05) is 12.1 Å². The number of carbonyl (C=O) groups is 1. The predicted octanol–water partition coefficient (Wildman–Crippen LogP) is 3.17. The summed E-state index contributed by atoms with van der Waals surface area (Å²) in [4.78, 5) is 14.7. The Kier molecular flexibility index (Phi) is 4.21. The minimum Gasteiger partial charge on any atom is -0.372 e. The zero-order chi connectivity index (χ0) is 20.9. The van der Waals surface area contributed by atoms with Crippen LogP contribution in [0.5, 0.6) is 0 Å². The number of piperidine rings is 1. The highest BCUT2D eigenvalue weighted by atomic mass is 16.5. The lowest BCUT2D eigenvalue weighted by Gasteiger charge is -2.41. The van der Waals surface area contributed by atoms with E-state index in [4.69, 9.17) is 4.74 Å². The van der Waals surface area contributed by atoms with Crippen molar-refractivity contribution in [2.75, 3.05) is 25.0 Å². The number of nitrogens with one attached hydrogen (secondary N) is 1. The number of fused-ring (bicyclic) bond motifs is 4. The third-order valence-electron chi connectivity index (χ3n) is 7.17. The highest BCUT2D eigenvalue weighted by molar-refractivity contribution is 5.76. The quantitative estimate of drug-likeness (QED) is 0.711. The molecule has 1 N–H and O–H groups in total. The van der Waals surface area contributed by atoms with Crippen LogP contribution in [-0.2, 0) is 21.6 Å². The number of benzene rings is 1. The molecule has 6 rings (SSSR count). The molecule has 5 heterocycles. The minimum absolute atomic E-state index is 0.173. The van der Waals surface area contributed by atoms with E-state index in [0.29, 0.717) is 19.6 Å². The third-order valence-corrected chi connectivity index (χ3v) is 7.17. The van der Waals surface area contributed by atoms with Crippen molar-refractivity contribution < 1.29 is 9.53 Å². The fourth-order valence-corrected chi connectivity index (χ4v) is 5.55. The number of hydrogen-bond acceptors (Lipinski definition) is 4. The van der Waals surface area contributed by atoms with Crippen molar-refractivity contribution in [1.29, 1.82) is 0 Å². The van der Waals surface area contributed by atoms with E-state index >= 15 is 0 Å². The predicted molar refractivity (Wildman–Crippen MR) is 117 cm³/mol. The molecule has 0 radical (unpaired) electrons. The summed E-state index contributed by atoms with van der Waals surface area (Å²) in [5.74, 6) is 0.205. The number of aryl methyl sites for hydroxylation is 1. The Morgan fingerprint density at radius 2 is 1.97 bits per heavy atom. The van der Waals surface area contributed by atoms with Crippen LogP contribution in [0.4, 0.5) is 5.69 Å². The van der Waals surface area contributed by atoms with Crippen LogP contribution in [0.15, 0.2) is 61.1 Å². The van der Waals surface area contributed by atoms with Crippen LogP contribution in [0, 0.1) is 0 Å². The summed E-state index contributed by atoms with van der Waals surface area (Å²) < 4.78 is 10.6. The second kappa shape index (κ2) is 6.99. The number of likely N-dealkylation sites (tertiary alicyclic amines) is 1. The Bertz CT molecular complexity index is 1100. The number of anilines is 1. The van der Waals surface area contributed by atoms with Gasteiger partial charge in [0.05, 0.1) is 29.3 Å². The lowest BCUT2D eigenvalue weighted by molar-refractivity contribution is -0.136.